The van der Waals surface area contributed by atoms with Gasteiger partial charge in [0.15, 0.2) is 0 Å². The molecule has 2 heterocycles. The van der Waals surface area contributed by atoms with Crippen LogP contribution in [0.5, 0.6) is 0 Å². The number of carbonyl (C=O) groups is 14. The zero-order valence-corrected chi connectivity index (χ0v) is 65.5. The first-order valence-corrected chi connectivity index (χ1v) is 37.8. The molecule has 2 aliphatic rings. The Balaban J connectivity index is 2.00. The van der Waals surface area contributed by atoms with Crippen molar-refractivity contribution < 1.29 is 77.0 Å². The van der Waals surface area contributed by atoms with Crippen LogP contribution in [0.4, 0.5) is 0 Å². The number of rotatable bonds is 34. The van der Waals surface area contributed by atoms with Crippen LogP contribution in [0.3, 0.4) is 0 Å². The predicted octanol–water partition coefficient (Wildman–Crippen LogP) is 1.71. The minimum absolute atomic E-state index is 0.00824. The summed E-state index contributed by atoms with van der Waals surface area (Å²) in [4.78, 5) is 202. The summed E-state index contributed by atoms with van der Waals surface area (Å²) >= 11 is 0. The number of hydrogen-bond donors (Lipinski definition) is 14. The van der Waals surface area contributed by atoms with E-state index < -0.39 is 209 Å². The Labute approximate surface area is 620 Å². The van der Waals surface area contributed by atoms with E-state index in [1.165, 1.54) is 18.7 Å². The predicted molar refractivity (Wildman–Crippen MR) is 396 cm³/mol. The largest absolute Gasteiger partial charge is 0.458 e. The van der Waals surface area contributed by atoms with Crippen molar-refractivity contribution in [2.75, 3.05) is 13.1 Å². The molecular weight excluding hydrogens is 1350 g/mol. The molecule has 0 unspecified atom stereocenters. The molecule has 0 saturated carbocycles. The van der Waals surface area contributed by atoms with Crippen LogP contribution in [0.1, 0.15) is 201 Å². The minimum Gasteiger partial charge on any atom is -0.458 e. The van der Waals surface area contributed by atoms with Gasteiger partial charge in [-0.1, -0.05) is 167 Å². The molecule has 17 atom stereocenters. The van der Waals surface area contributed by atoms with Gasteiger partial charge in [0.05, 0.1) is 6.10 Å². The minimum atomic E-state index is -1.82. The fourth-order valence-corrected chi connectivity index (χ4v) is 12.3. The molecule has 0 spiro atoms. The zero-order chi connectivity index (χ0) is 79.4. The van der Waals surface area contributed by atoms with Crippen molar-refractivity contribution in [3.8, 4) is 0 Å². The molecule has 30 nitrogen and oxygen atoms in total. The van der Waals surface area contributed by atoms with E-state index in [2.05, 4.69) is 63.8 Å². The number of benzene rings is 1. The van der Waals surface area contributed by atoms with Crippen LogP contribution in [0, 0.1) is 47.3 Å². The third kappa shape index (κ3) is 27.9. The van der Waals surface area contributed by atoms with E-state index in [0.717, 1.165) is 6.42 Å². The molecule has 13 amide bonds. The number of amides is 13. The lowest BCUT2D eigenvalue weighted by atomic mass is 9.95. The third-order valence-corrected chi connectivity index (χ3v) is 19.5. The lowest BCUT2D eigenvalue weighted by Gasteiger charge is -2.34. The number of esters is 1. The SMILES string of the molecule is CC[C@@H]1NC(=O)[C@H](Cc2ccccc2)NC(=O)[C@@H](C(C)C)NC(=O)[C@@H]([C@H](C)CC)NC(=O)[C@H](NC(=O)[C@H](NC(=O)[C@H](CCCN)NC(=O)[C@H]2CCCN2C(=O)[C@H](NC(=O)[C@@H](NC(=O)[C@@H](NC(=O)[C@H](NC(=O)CCCC(C)C)C(C)C)[C@@H](C)O)C(C)C)C(C)C)[C@H](C)CC)[C@H](C)OC(=O)[C@H](C(C)C)NC1=O. The van der Waals surface area contributed by atoms with Gasteiger partial charge >= 0.3 is 5.97 Å². The van der Waals surface area contributed by atoms with E-state index in [9.17, 15) is 62.6 Å². The fraction of sp³-hybridized carbons (Fsp3) is 0.733. The Morgan fingerprint density at radius 1 is 0.562 bits per heavy atom. The summed E-state index contributed by atoms with van der Waals surface area (Å²) in [6.07, 6.45) is -0.170. The van der Waals surface area contributed by atoms with Gasteiger partial charge < -0.3 is 84.3 Å². The summed E-state index contributed by atoms with van der Waals surface area (Å²) in [5, 5.41) is 43.4. The zero-order valence-electron chi connectivity index (χ0n) is 65.5. The lowest BCUT2D eigenvalue weighted by molar-refractivity contribution is -0.157. The van der Waals surface area contributed by atoms with Gasteiger partial charge in [0.2, 0.25) is 76.8 Å². The van der Waals surface area contributed by atoms with Crippen LogP contribution >= 0.6 is 0 Å². The van der Waals surface area contributed by atoms with Crippen LogP contribution in [0.25, 0.3) is 0 Å². The monoisotopic (exact) mass is 1480 g/mol. The topological polar surface area (TPSA) is 442 Å². The van der Waals surface area contributed by atoms with Crippen LogP contribution in [-0.2, 0) is 78.3 Å². The molecule has 2 saturated heterocycles. The maximum atomic E-state index is 15.1. The summed E-state index contributed by atoms with van der Waals surface area (Å²) in [7, 11) is 0. The number of nitrogens with zero attached hydrogens (tertiary/aromatic N) is 1. The first kappa shape index (κ1) is 90.9. The lowest BCUT2D eigenvalue weighted by Crippen LogP contribution is -2.64. The van der Waals surface area contributed by atoms with Gasteiger partial charge in [-0.25, -0.2) is 4.79 Å². The molecule has 1 aromatic rings. The highest BCUT2D eigenvalue weighted by atomic mass is 16.5. The van der Waals surface area contributed by atoms with Crippen molar-refractivity contribution in [2.45, 2.75) is 293 Å². The van der Waals surface area contributed by atoms with E-state index in [4.69, 9.17) is 10.5 Å². The van der Waals surface area contributed by atoms with E-state index in [-0.39, 0.29) is 63.9 Å². The smallest absolute Gasteiger partial charge is 0.329 e. The highest BCUT2D eigenvalue weighted by molar-refractivity contribution is 6.01. The second-order valence-corrected chi connectivity index (χ2v) is 30.5. The van der Waals surface area contributed by atoms with Gasteiger partial charge in [0, 0.05) is 19.4 Å². The first-order chi connectivity index (χ1) is 49.2. The Kier molecular flexibility index (Phi) is 38.1. The van der Waals surface area contributed by atoms with Crippen LogP contribution in [-0.4, -0.2) is 197 Å². The van der Waals surface area contributed by atoms with E-state index in [1.807, 2.05) is 13.8 Å². The summed E-state index contributed by atoms with van der Waals surface area (Å²) in [5.74, 6) is -14.8. The normalized spacial score (nSPS) is 22.9. The van der Waals surface area contributed by atoms with Gasteiger partial charge in [0.1, 0.15) is 84.6 Å². The number of nitrogens with one attached hydrogen (secondary N) is 12. The number of carbonyl (C=O) groups excluding carboxylic acids is 14. The van der Waals surface area contributed by atoms with Gasteiger partial charge in [-0.2, -0.15) is 0 Å². The van der Waals surface area contributed by atoms with Gasteiger partial charge in [-0.3, -0.25) is 62.3 Å². The van der Waals surface area contributed by atoms with Crippen LogP contribution in [0.2, 0.25) is 0 Å². The van der Waals surface area contributed by atoms with Crippen molar-refractivity contribution in [1.82, 2.24) is 68.7 Å². The number of cyclic esters (lactones) is 1. The molecule has 15 N–H and O–H groups in total. The van der Waals surface area contributed by atoms with E-state index in [0.29, 0.717) is 30.7 Å². The first-order valence-electron chi connectivity index (χ1n) is 37.8. The molecule has 0 bridgehead atoms. The number of ether oxygens (including phenoxy) is 1. The standard InChI is InChI=1S/C75H126N14O16/c1-20-44(16)59(71(100)88-62-47(19)105-75(104)58(43(14)15)84-63(92)49(22-3)77-65(94)51(37-48-30-24-23-25-31-48)79-67(96)55(40(8)9)81-70(99)60(45(17)21-2)86-73(62)102)85-64(93)50(32-27-35-76)78-66(95)52-33-28-36-89(52)74(103)57(42(12)13)83-69(98)56(41(10)11)82-72(101)61(46(18)90)87-68(97)54(39(6)7)80-53(91)34-26-29-38(4)5/h23-25,30-31,38-47,49-52,54-62,90H,20-22,26-29,32-37,76H2,1-19H3,(H,77,94)(H,78,95)(H,79,96)(H,80,91)(H,81,99)(H,82,101)(H,83,98)(H,84,92)(H,85,93)(H,86,102)(H,87,97)(H,88,100)/t44-,45-,46-,47+,49+,50+,51+,52-,54-,55-,56+,57-,58+,59-,60-,61+,62-/m1/s1. The molecule has 3 rings (SSSR count). The Morgan fingerprint density at radius 3 is 1.61 bits per heavy atom. The maximum Gasteiger partial charge on any atom is 0.329 e. The van der Waals surface area contributed by atoms with Crippen molar-refractivity contribution in [3.05, 3.63) is 35.9 Å². The Bertz CT molecular complexity index is 3090. The van der Waals surface area contributed by atoms with Gasteiger partial charge in [-0.15, -0.1) is 0 Å². The number of nitrogens with two attached hydrogens (primary N) is 1. The number of hydrogen-bond acceptors (Lipinski definition) is 17. The quantitative estimate of drug-likeness (QED) is 0.0437. The molecule has 105 heavy (non-hydrogen) atoms. The van der Waals surface area contributed by atoms with Crippen LogP contribution < -0.4 is 69.5 Å². The molecule has 30 heteroatoms. The summed E-state index contributed by atoms with van der Waals surface area (Å²) in [5.41, 5.74) is 6.64. The van der Waals surface area contributed by atoms with Crippen molar-refractivity contribution in [3.63, 3.8) is 0 Å². The van der Waals surface area contributed by atoms with Crippen molar-refractivity contribution >= 4 is 82.8 Å². The summed E-state index contributed by atoms with van der Waals surface area (Å²) in [6.45, 7) is 32.0. The second kappa shape index (κ2) is 44.0. The Hall–Kier alpha value is -8.28. The molecule has 592 valence electrons. The average Bonchev–Trinajstić information content (AvgIpc) is 1.79. The Morgan fingerprint density at radius 2 is 1.08 bits per heavy atom. The average molecular weight is 1480 g/mol. The van der Waals surface area contributed by atoms with Crippen molar-refractivity contribution in [1.29, 1.82) is 0 Å². The molecule has 1 aromatic carbocycles. The van der Waals surface area contributed by atoms with Gasteiger partial charge in [0.25, 0.3) is 0 Å². The number of likely N-dealkylation sites (tertiary alicyclic amines) is 1. The summed E-state index contributed by atoms with van der Waals surface area (Å²) < 4.78 is 5.98. The molecule has 0 radical (unpaired) electrons. The highest BCUT2D eigenvalue weighted by Gasteiger charge is 2.45. The summed E-state index contributed by atoms with van der Waals surface area (Å²) in [6, 6.07) is -8.70. The molecular formula is C75H126N14O16. The molecule has 2 fully saturated rings. The van der Waals surface area contributed by atoms with E-state index in [1.54, 1.807) is 134 Å². The molecule has 0 aromatic heterocycles. The van der Waals surface area contributed by atoms with Gasteiger partial charge in [-0.05, 0) is 112 Å². The molecule has 0 aliphatic carbocycles. The maximum absolute atomic E-state index is 15.1. The number of aliphatic hydroxyl groups excluding tert-OH is 1. The van der Waals surface area contributed by atoms with Crippen LogP contribution in [0.15, 0.2) is 30.3 Å². The van der Waals surface area contributed by atoms with Crippen molar-refractivity contribution in [2.24, 2.45) is 53.1 Å². The second-order valence-electron chi connectivity index (χ2n) is 30.5. The molecule has 2 aliphatic heterocycles. The number of aliphatic hydroxyl groups is 1. The fourth-order valence-electron chi connectivity index (χ4n) is 12.3. The third-order valence-electron chi connectivity index (χ3n) is 19.5. The van der Waals surface area contributed by atoms with E-state index >= 15 is 9.59 Å². The highest BCUT2D eigenvalue weighted by Crippen LogP contribution is 2.23.